The van der Waals surface area contributed by atoms with Crippen molar-refractivity contribution in [3.8, 4) is 0 Å². The van der Waals surface area contributed by atoms with Crippen LogP contribution in [0.25, 0.3) is 0 Å². The largest absolute Gasteiger partial charge is 0.393 e. The zero-order chi connectivity index (χ0) is 21.0. The van der Waals surface area contributed by atoms with Crippen molar-refractivity contribution >= 4 is 33.5 Å². The minimum absolute atomic E-state index is 0.333. The predicted molar refractivity (Wildman–Crippen MR) is 128 cm³/mol. The fourth-order valence-corrected chi connectivity index (χ4v) is 6.75. The van der Waals surface area contributed by atoms with Crippen LogP contribution in [-0.4, -0.2) is 22.9 Å². The maximum absolute atomic E-state index is 11.7. The number of carbonyl (C=O) groups is 2. The second-order valence-electron chi connectivity index (χ2n) is 8.41. The van der Waals surface area contributed by atoms with E-state index in [1.165, 1.54) is 89.2 Å². The lowest BCUT2D eigenvalue weighted by Gasteiger charge is -2.06. The number of hydrogen-bond acceptors (Lipinski definition) is 5. The molecule has 0 aromatic carbocycles. The van der Waals surface area contributed by atoms with Crippen molar-refractivity contribution in [3.05, 3.63) is 0 Å². The fraction of sp³-hybridized carbons (Fsp3) is 0.917. The van der Waals surface area contributed by atoms with Crippen LogP contribution in [-0.2, 0) is 14.3 Å². The molecule has 1 atom stereocenters. The van der Waals surface area contributed by atoms with E-state index in [2.05, 4.69) is 6.92 Å². The van der Waals surface area contributed by atoms with Crippen LogP contribution in [0, 0.1) is 0 Å². The molecule has 0 radical (unpaired) electrons. The van der Waals surface area contributed by atoms with Crippen molar-refractivity contribution in [2.45, 2.75) is 134 Å². The first-order chi connectivity index (χ1) is 14.2. The number of ether oxygens (including phenoxy) is 1. The highest BCUT2D eigenvalue weighted by molar-refractivity contribution is 8.77. The van der Waals surface area contributed by atoms with Gasteiger partial charge >= 0.3 is 11.9 Å². The quantitative estimate of drug-likeness (QED) is 0.0868. The summed E-state index contributed by atoms with van der Waals surface area (Å²) < 4.78 is 4.94. The predicted octanol–water partition coefficient (Wildman–Crippen LogP) is 8.25. The number of unbranched alkanes of at least 4 members (excludes halogenated alkanes) is 13. The maximum Gasteiger partial charge on any atom is 0.313 e. The zero-order valence-corrected chi connectivity index (χ0v) is 20.4. The molecule has 0 N–H and O–H groups in total. The molecule has 5 heteroatoms. The lowest BCUT2D eigenvalue weighted by molar-refractivity contribution is -0.159. The van der Waals surface area contributed by atoms with Gasteiger partial charge < -0.3 is 4.74 Å². The van der Waals surface area contributed by atoms with E-state index in [1.807, 2.05) is 21.6 Å². The summed E-state index contributed by atoms with van der Waals surface area (Å²) in [7, 11) is 3.94. The first kappa shape index (κ1) is 26.9. The van der Waals surface area contributed by atoms with Crippen molar-refractivity contribution in [1.82, 2.24) is 0 Å². The normalized spacial score (nSPS) is 16.2. The van der Waals surface area contributed by atoms with Gasteiger partial charge in [0.2, 0.25) is 0 Å². The fourth-order valence-electron chi connectivity index (χ4n) is 3.72. The van der Waals surface area contributed by atoms with E-state index in [9.17, 15) is 9.59 Å². The Morgan fingerprint density at radius 3 is 1.69 bits per heavy atom. The Morgan fingerprint density at radius 2 is 1.21 bits per heavy atom. The van der Waals surface area contributed by atoms with E-state index in [4.69, 9.17) is 4.74 Å². The molecule has 29 heavy (non-hydrogen) atoms. The van der Waals surface area contributed by atoms with E-state index in [0.29, 0.717) is 12.8 Å². The minimum Gasteiger partial charge on any atom is -0.393 e. The first-order valence-corrected chi connectivity index (χ1v) is 14.6. The second-order valence-corrected chi connectivity index (χ2v) is 11.2. The lowest BCUT2D eigenvalue weighted by atomic mass is 10.0. The molecular formula is C24H44O3S2. The van der Waals surface area contributed by atoms with Crippen LogP contribution in [0.2, 0.25) is 0 Å². The highest BCUT2D eigenvalue weighted by Crippen LogP contribution is 2.39. The molecule has 1 aliphatic rings. The van der Waals surface area contributed by atoms with Gasteiger partial charge in [0, 0.05) is 23.8 Å². The molecule has 0 amide bonds. The smallest absolute Gasteiger partial charge is 0.313 e. The molecule has 1 saturated heterocycles. The zero-order valence-electron chi connectivity index (χ0n) is 18.8. The Balaban J connectivity index is 1.79. The van der Waals surface area contributed by atoms with Crippen LogP contribution in [0.1, 0.15) is 129 Å². The van der Waals surface area contributed by atoms with Crippen LogP contribution >= 0.6 is 21.6 Å². The van der Waals surface area contributed by atoms with Crippen molar-refractivity contribution in [1.29, 1.82) is 0 Å². The molecule has 0 bridgehead atoms. The summed E-state index contributed by atoms with van der Waals surface area (Å²) in [4.78, 5) is 23.5. The molecule has 1 aliphatic heterocycles. The molecule has 1 heterocycles. The van der Waals surface area contributed by atoms with Crippen LogP contribution in [0.4, 0.5) is 0 Å². The molecule has 0 aromatic heterocycles. The Labute approximate surface area is 187 Å². The third-order valence-corrected chi connectivity index (χ3v) is 8.60. The first-order valence-electron chi connectivity index (χ1n) is 12.2. The van der Waals surface area contributed by atoms with Crippen LogP contribution < -0.4 is 0 Å². The van der Waals surface area contributed by atoms with Gasteiger partial charge in [-0.3, -0.25) is 9.59 Å². The van der Waals surface area contributed by atoms with E-state index in [1.54, 1.807) is 0 Å². The SMILES string of the molecule is CCCCCCCCCCCCCCCC(=O)OC(=O)CCCCC1CCSS1. The highest BCUT2D eigenvalue weighted by Gasteiger charge is 2.16. The summed E-state index contributed by atoms with van der Waals surface area (Å²) in [5.74, 6) is 0.587. The third-order valence-electron chi connectivity index (χ3n) is 5.60. The van der Waals surface area contributed by atoms with Gasteiger partial charge in [-0.2, -0.15) is 0 Å². The average Bonchev–Trinajstić information content (AvgIpc) is 3.22. The van der Waals surface area contributed by atoms with Gasteiger partial charge in [-0.25, -0.2) is 0 Å². The lowest BCUT2D eigenvalue weighted by Crippen LogP contribution is -2.12. The van der Waals surface area contributed by atoms with Crippen LogP contribution in [0.15, 0.2) is 0 Å². The maximum atomic E-state index is 11.7. The monoisotopic (exact) mass is 444 g/mol. The van der Waals surface area contributed by atoms with E-state index >= 15 is 0 Å². The molecule has 0 aromatic rings. The van der Waals surface area contributed by atoms with Gasteiger partial charge in [-0.05, 0) is 25.7 Å². The average molecular weight is 445 g/mol. The standard InChI is InChI=1S/C24H44O3S2/c1-2-3-4-5-6-7-8-9-10-11-12-13-14-18-23(25)27-24(26)19-16-15-17-22-20-21-28-29-22/h22H,2-21H2,1H3. The second kappa shape index (κ2) is 19.8. The molecule has 0 aliphatic carbocycles. The molecule has 0 spiro atoms. The van der Waals surface area contributed by atoms with Gasteiger partial charge in [0.1, 0.15) is 0 Å². The number of rotatable bonds is 19. The Morgan fingerprint density at radius 1 is 0.724 bits per heavy atom. The summed E-state index contributed by atoms with van der Waals surface area (Å²) in [6.07, 6.45) is 21.9. The van der Waals surface area contributed by atoms with Gasteiger partial charge in [0.15, 0.2) is 0 Å². The van der Waals surface area contributed by atoms with Crippen molar-refractivity contribution in [3.63, 3.8) is 0 Å². The summed E-state index contributed by atoms with van der Waals surface area (Å²) in [6, 6.07) is 0. The summed E-state index contributed by atoms with van der Waals surface area (Å²) in [5, 5.41) is 0.758. The summed E-state index contributed by atoms with van der Waals surface area (Å²) in [5.41, 5.74) is 0. The van der Waals surface area contributed by atoms with Gasteiger partial charge in [0.05, 0.1) is 0 Å². The van der Waals surface area contributed by atoms with E-state index < -0.39 is 0 Å². The molecular weight excluding hydrogens is 400 g/mol. The molecule has 1 rings (SSSR count). The van der Waals surface area contributed by atoms with Gasteiger partial charge in [-0.1, -0.05) is 112 Å². The van der Waals surface area contributed by atoms with Crippen LogP contribution in [0.3, 0.4) is 0 Å². The highest BCUT2D eigenvalue weighted by atomic mass is 33.1. The Hall–Kier alpha value is -0.160. The van der Waals surface area contributed by atoms with Crippen molar-refractivity contribution < 1.29 is 14.3 Å². The molecule has 0 saturated carbocycles. The number of esters is 2. The molecule has 170 valence electrons. The molecule has 1 fully saturated rings. The van der Waals surface area contributed by atoms with Crippen molar-refractivity contribution in [2.75, 3.05) is 5.75 Å². The van der Waals surface area contributed by atoms with Crippen molar-refractivity contribution in [2.24, 2.45) is 0 Å². The summed E-state index contributed by atoms with van der Waals surface area (Å²) >= 11 is 0. The molecule has 3 nitrogen and oxygen atoms in total. The van der Waals surface area contributed by atoms with E-state index in [-0.39, 0.29) is 11.9 Å². The Bertz CT molecular complexity index is 409. The third kappa shape index (κ3) is 17.2. The number of carbonyl (C=O) groups excluding carboxylic acids is 2. The number of hydrogen-bond donors (Lipinski definition) is 0. The summed E-state index contributed by atoms with van der Waals surface area (Å²) in [6.45, 7) is 2.26. The Kier molecular flexibility index (Phi) is 18.3. The van der Waals surface area contributed by atoms with E-state index in [0.717, 1.165) is 30.9 Å². The van der Waals surface area contributed by atoms with Gasteiger partial charge in [0.25, 0.3) is 0 Å². The molecule has 1 unspecified atom stereocenters. The van der Waals surface area contributed by atoms with Gasteiger partial charge in [-0.15, -0.1) is 0 Å². The van der Waals surface area contributed by atoms with Crippen LogP contribution in [0.5, 0.6) is 0 Å². The topological polar surface area (TPSA) is 43.4 Å². The minimum atomic E-state index is -0.335.